The summed E-state index contributed by atoms with van der Waals surface area (Å²) in [6.45, 7) is 8.71. The van der Waals surface area contributed by atoms with Crippen LogP contribution in [-0.4, -0.2) is 22.2 Å². The Bertz CT molecular complexity index is 320. The first-order valence-corrected chi connectivity index (χ1v) is 5.34. The largest absolute Gasteiger partial charge is 0.478 e. The van der Waals surface area contributed by atoms with Gasteiger partial charge in [0.15, 0.2) is 0 Å². The summed E-state index contributed by atoms with van der Waals surface area (Å²) in [4.78, 5) is 22.4. The monoisotopic (exact) mass is 228 g/mol. The summed E-state index contributed by atoms with van der Waals surface area (Å²) in [5, 5.41) is 18.3. The summed E-state index contributed by atoms with van der Waals surface area (Å²) in [6.07, 6.45) is 0.606. The van der Waals surface area contributed by atoms with E-state index < -0.39 is 17.4 Å². The molecule has 4 nitrogen and oxygen atoms in total. The minimum absolute atomic E-state index is 0.00523. The van der Waals surface area contributed by atoms with Crippen LogP contribution in [0.3, 0.4) is 0 Å². The second kappa shape index (κ2) is 5.14. The van der Waals surface area contributed by atoms with Crippen LogP contribution in [0.1, 0.15) is 41.0 Å². The van der Waals surface area contributed by atoms with Crippen molar-refractivity contribution >= 4 is 11.9 Å². The van der Waals surface area contributed by atoms with Crippen molar-refractivity contribution in [1.29, 1.82) is 0 Å². The van der Waals surface area contributed by atoms with E-state index in [0.29, 0.717) is 6.42 Å². The van der Waals surface area contributed by atoms with Crippen molar-refractivity contribution in [3.63, 3.8) is 0 Å². The highest BCUT2D eigenvalue weighted by molar-refractivity contribution is 6.00. The minimum Gasteiger partial charge on any atom is -0.478 e. The zero-order valence-corrected chi connectivity index (χ0v) is 10.5. The summed E-state index contributed by atoms with van der Waals surface area (Å²) < 4.78 is 0. The molecule has 16 heavy (non-hydrogen) atoms. The number of hydrogen-bond donors (Lipinski definition) is 2. The second-order valence-electron chi connectivity index (χ2n) is 4.96. The standard InChI is InChI=1S/C12H20O4/c1-6-7(2)8(10(13)14)9(11(15)16)12(3,4)5/h7H,6H2,1-5H3,(H,13,14)(H,15,16)/b9-8-. The molecule has 0 bridgehead atoms. The molecule has 0 aromatic rings. The van der Waals surface area contributed by atoms with Gasteiger partial charge < -0.3 is 10.2 Å². The molecule has 0 fully saturated rings. The third-order valence-corrected chi connectivity index (χ3v) is 2.57. The van der Waals surface area contributed by atoms with Gasteiger partial charge in [-0.3, -0.25) is 0 Å². The smallest absolute Gasteiger partial charge is 0.332 e. The Labute approximate surface area is 96.0 Å². The second-order valence-corrected chi connectivity index (χ2v) is 4.96. The van der Waals surface area contributed by atoms with Gasteiger partial charge in [0.2, 0.25) is 0 Å². The highest BCUT2D eigenvalue weighted by Crippen LogP contribution is 2.32. The van der Waals surface area contributed by atoms with Gasteiger partial charge in [-0.1, -0.05) is 34.6 Å². The van der Waals surface area contributed by atoms with Crippen LogP contribution >= 0.6 is 0 Å². The molecule has 2 N–H and O–H groups in total. The Morgan fingerprint density at radius 1 is 1.12 bits per heavy atom. The van der Waals surface area contributed by atoms with Crippen molar-refractivity contribution in [3.8, 4) is 0 Å². The third-order valence-electron chi connectivity index (χ3n) is 2.57. The van der Waals surface area contributed by atoms with E-state index in [1.54, 1.807) is 27.7 Å². The lowest BCUT2D eigenvalue weighted by Gasteiger charge is -2.24. The molecule has 0 aliphatic carbocycles. The molecule has 1 unspecified atom stereocenters. The Hall–Kier alpha value is -1.32. The first kappa shape index (κ1) is 14.7. The molecule has 0 heterocycles. The van der Waals surface area contributed by atoms with Gasteiger partial charge in [-0.2, -0.15) is 0 Å². The lowest BCUT2D eigenvalue weighted by atomic mass is 9.79. The normalized spacial score (nSPS) is 15.3. The molecular formula is C12H20O4. The lowest BCUT2D eigenvalue weighted by molar-refractivity contribution is -0.137. The third kappa shape index (κ3) is 3.36. The van der Waals surface area contributed by atoms with Crippen LogP contribution in [0.2, 0.25) is 0 Å². The Morgan fingerprint density at radius 2 is 1.56 bits per heavy atom. The molecule has 0 saturated heterocycles. The molecule has 0 radical (unpaired) electrons. The summed E-state index contributed by atoms with van der Waals surface area (Å²) in [5.74, 6) is -2.55. The van der Waals surface area contributed by atoms with Crippen molar-refractivity contribution in [1.82, 2.24) is 0 Å². The number of carboxylic acids is 2. The molecule has 0 aliphatic rings. The predicted molar refractivity (Wildman–Crippen MR) is 61.2 cm³/mol. The van der Waals surface area contributed by atoms with E-state index in [9.17, 15) is 9.59 Å². The first-order valence-electron chi connectivity index (χ1n) is 5.34. The van der Waals surface area contributed by atoms with Crippen LogP contribution in [-0.2, 0) is 9.59 Å². The number of aliphatic carboxylic acids is 2. The Balaban J connectivity index is 5.85. The van der Waals surface area contributed by atoms with Crippen molar-refractivity contribution in [3.05, 3.63) is 11.1 Å². The van der Waals surface area contributed by atoms with E-state index in [1.165, 1.54) is 0 Å². The molecule has 0 amide bonds. The SMILES string of the molecule is CCC(C)/C(C(=O)O)=C(\C(=O)O)C(C)(C)C. The van der Waals surface area contributed by atoms with E-state index in [0.717, 1.165) is 0 Å². The summed E-state index contributed by atoms with van der Waals surface area (Å²) >= 11 is 0. The number of rotatable bonds is 4. The quantitative estimate of drug-likeness (QED) is 0.725. The van der Waals surface area contributed by atoms with E-state index in [-0.39, 0.29) is 17.1 Å². The average Bonchev–Trinajstić information content (AvgIpc) is 2.09. The van der Waals surface area contributed by atoms with Gasteiger partial charge in [-0.25, -0.2) is 9.59 Å². The molecule has 0 spiro atoms. The van der Waals surface area contributed by atoms with Crippen LogP contribution in [0.5, 0.6) is 0 Å². The van der Waals surface area contributed by atoms with Crippen LogP contribution in [0.15, 0.2) is 11.1 Å². The zero-order valence-electron chi connectivity index (χ0n) is 10.5. The van der Waals surface area contributed by atoms with Gasteiger partial charge in [0.1, 0.15) is 0 Å². The number of carboxylic acid groups (broad SMARTS) is 2. The maximum atomic E-state index is 11.2. The van der Waals surface area contributed by atoms with Crippen molar-refractivity contribution in [2.24, 2.45) is 11.3 Å². The molecule has 1 atom stereocenters. The summed E-state index contributed by atoms with van der Waals surface area (Å²) in [5.41, 5.74) is -0.667. The van der Waals surface area contributed by atoms with E-state index >= 15 is 0 Å². The molecule has 0 rings (SSSR count). The van der Waals surface area contributed by atoms with E-state index in [4.69, 9.17) is 10.2 Å². The van der Waals surface area contributed by atoms with Gasteiger partial charge in [0.05, 0.1) is 11.1 Å². The predicted octanol–water partition coefficient (Wildman–Crippen LogP) is 2.54. The van der Waals surface area contributed by atoms with E-state index in [2.05, 4.69) is 0 Å². The molecule has 0 aliphatic heterocycles. The van der Waals surface area contributed by atoms with Gasteiger partial charge >= 0.3 is 11.9 Å². The van der Waals surface area contributed by atoms with Gasteiger partial charge in [0, 0.05) is 0 Å². The molecule has 92 valence electrons. The fourth-order valence-corrected chi connectivity index (χ4v) is 1.61. The molecule has 0 saturated carbocycles. The minimum atomic E-state index is -1.15. The summed E-state index contributed by atoms with van der Waals surface area (Å²) in [6, 6.07) is 0. The highest BCUT2D eigenvalue weighted by Gasteiger charge is 2.32. The average molecular weight is 228 g/mol. The molecule has 4 heteroatoms. The molecule has 0 aromatic carbocycles. The number of hydrogen-bond acceptors (Lipinski definition) is 2. The molecular weight excluding hydrogens is 208 g/mol. The van der Waals surface area contributed by atoms with Crippen molar-refractivity contribution in [2.45, 2.75) is 41.0 Å². The fraction of sp³-hybridized carbons (Fsp3) is 0.667. The van der Waals surface area contributed by atoms with Crippen molar-refractivity contribution < 1.29 is 19.8 Å². The zero-order chi connectivity index (χ0) is 13.1. The van der Waals surface area contributed by atoms with Crippen molar-refractivity contribution in [2.75, 3.05) is 0 Å². The lowest BCUT2D eigenvalue weighted by Crippen LogP contribution is -2.25. The maximum absolute atomic E-state index is 11.2. The molecule has 0 aromatic heterocycles. The first-order chi connectivity index (χ1) is 7.12. The topological polar surface area (TPSA) is 74.6 Å². The van der Waals surface area contributed by atoms with Crippen LogP contribution in [0, 0.1) is 11.3 Å². The van der Waals surface area contributed by atoms with Crippen LogP contribution < -0.4 is 0 Å². The van der Waals surface area contributed by atoms with E-state index in [1.807, 2.05) is 6.92 Å². The van der Waals surface area contributed by atoms with Gasteiger partial charge in [0.25, 0.3) is 0 Å². The van der Waals surface area contributed by atoms with Crippen LogP contribution in [0.4, 0.5) is 0 Å². The summed E-state index contributed by atoms with van der Waals surface area (Å²) in [7, 11) is 0. The fourth-order valence-electron chi connectivity index (χ4n) is 1.61. The Kier molecular flexibility index (Phi) is 4.72. The van der Waals surface area contributed by atoms with Crippen LogP contribution in [0.25, 0.3) is 0 Å². The number of carbonyl (C=O) groups is 2. The Morgan fingerprint density at radius 3 is 1.75 bits per heavy atom. The highest BCUT2D eigenvalue weighted by atomic mass is 16.4. The van der Waals surface area contributed by atoms with Gasteiger partial charge in [-0.05, 0) is 17.8 Å². The maximum Gasteiger partial charge on any atom is 0.332 e. The van der Waals surface area contributed by atoms with Gasteiger partial charge in [-0.15, -0.1) is 0 Å².